The van der Waals surface area contributed by atoms with Gasteiger partial charge in [0.25, 0.3) is 0 Å². The molecule has 0 aliphatic heterocycles. The molecule has 0 fully saturated rings. The SMILES string of the molecule is Bc1ccc(-c2nc(CC)cc(NCCc3ccc(=O)[nH]c3)n2)cc1. The lowest BCUT2D eigenvalue weighted by atomic mass is 9.95. The van der Waals surface area contributed by atoms with Gasteiger partial charge in [0.05, 0.1) is 0 Å². The molecule has 6 heteroatoms. The van der Waals surface area contributed by atoms with E-state index in [1.807, 2.05) is 24.3 Å². The molecule has 0 radical (unpaired) electrons. The Balaban J connectivity index is 1.74. The zero-order chi connectivity index (χ0) is 17.6. The molecule has 0 atom stereocenters. The predicted molar refractivity (Wildman–Crippen MR) is 104 cm³/mol. The van der Waals surface area contributed by atoms with Gasteiger partial charge in [-0.15, -0.1) is 0 Å². The number of aromatic amines is 1. The van der Waals surface area contributed by atoms with Crippen molar-refractivity contribution in [1.82, 2.24) is 15.0 Å². The highest BCUT2D eigenvalue weighted by Gasteiger charge is 2.06. The molecular formula is C19H21BN4O. The highest BCUT2D eigenvalue weighted by molar-refractivity contribution is 6.32. The zero-order valence-electron chi connectivity index (χ0n) is 14.5. The molecular weight excluding hydrogens is 311 g/mol. The lowest BCUT2D eigenvalue weighted by molar-refractivity contribution is 0.965. The van der Waals surface area contributed by atoms with E-state index in [0.717, 1.165) is 47.8 Å². The van der Waals surface area contributed by atoms with E-state index >= 15 is 0 Å². The quantitative estimate of drug-likeness (QED) is 0.668. The fraction of sp³-hybridized carbons (Fsp3) is 0.211. The van der Waals surface area contributed by atoms with Crippen molar-refractivity contribution in [2.24, 2.45) is 0 Å². The number of pyridine rings is 1. The van der Waals surface area contributed by atoms with Crippen LogP contribution in [0.1, 0.15) is 18.2 Å². The topological polar surface area (TPSA) is 70.7 Å². The fourth-order valence-electron chi connectivity index (χ4n) is 2.53. The smallest absolute Gasteiger partial charge is 0.247 e. The normalized spacial score (nSPS) is 10.6. The first-order valence-electron chi connectivity index (χ1n) is 8.50. The van der Waals surface area contributed by atoms with E-state index in [9.17, 15) is 4.79 Å². The maximum Gasteiger partial charge on any atom is 0.247 e. The molecule has 0 bridgehead atoms. The molecule has 3 rings (SSSR count). The average molecular weight is 332 g/mol. The second kappa shape index (κ2) is 7.79. The molecule has 0 amide bonds. The number of hydrogen-bond acceptors (Lipinski definition) is 4. The minimum Gasteiger partial charge on any atom is -0.370 e. The van der Waals surface area contributed by atoms with Crippen molar-refractivity contribution in [2.75, 3.05) is 11.9 Å². The number of aromatic nitrogens is 3. The summed E-state index contributed by atoms with van der Waals surface area (Å²) in [7, 11) is 2.07. The molecule has 25 heavy (non-hydrogen) atoms. The van der Waals surface area contributed by atoms with Gasteiger partial charge < -0.3 is 10.3 Å². The number of benzene rings is 1. The maximum absolute atomic E-state index is 11.1. The summed E-state index contributed by atoms with van der Waals surface area (Å²) in [6, 6.07) is 13.6. The molecule has 0 spiro atoms. The maximum atomic E-state index is 11.1. The molecule has 0 aliphatic rings. The lowest BCUT2D eigenvalue weighted by Crippen LogP contribution is -2.10. The summed E-state index contributed by atoms with van der Waals surface area (Å²) in [6.45, 7) is 2.82. The van der Waals surface area contributed by atoms with Gasteiger partial charge in [0.1, 0.15) is 13.7 Å². The Labute approximate surface area is 148 Å². The minimum atomic E-state index is -0.0807. The summed E-state index contributed by atoms with van der Waals surface area (Å²) in [5.41, 5.74) is 4.25. The minimum absolute atomic E-state index is 0.0807. The van der Waals surface area contributed by atoms with Crippen molar-refractivity contribution in [2.45, 2.75) is 19.8 Å². The molecule has 2 N–H and O–H groups in total. The van der Waals surface area contributed by atoms with Crippen molar-refractivity contribution in [3.63, 3.8) is 0 Å². The van der Waals surface area contributed by atoms with Crippen LogP contribution in [-0.2, 0) is 12.8 Å². The van der Waals surface area contributed by atoms with Gasteiger partial charge >= 0.3 is 0 Å². The van der Waals surface area contributed by atoms with Crippen molar-refractivity contribution in [3.05, 3.63) is 70.3 Å². The van der Waals surface area contributed by atoms with Gasteiger partial charge in [-0.05, 0) is 18.4 Å². The fourth-order valence-corrected chi connectivity index (χ4v) is 2.53. The Morgan fingerprint density at radius 3 is 2.60 bits per heavy atom. The van der Waals surface area contributed by atoms with Crippen LogP contribution in [0.15, 0.2) is 53.5 Å². The van der Waals surface area contributed by atoms with Crippen LogP contribution in [0.4, 0.5) is 5.82 Å². The largest absolute Gasteiger partial charge is 0.370 e. The third-order valence-electron chi connectivity index (χ3n) is 4.02. The van der Waals surface area contributed by atoms with E-state index in [-0.39, 0.29) is 5.56 Å². The van der Waals surface area contributed by atoms with Crippen LogP contribution in [0, 0.1) is 0 Å². The Morgan fingerprint density at radius 2 is 1.92 bits per heavy atom. The van der Waals surface area contributed by atoms with Gasteiger partial charge in [0.2, 0.25) is 5.56 Å². The van der Waals surface area contributed by atoms with Gasteiger partial charge in [-0.25, -0.2) is 9.97 Å². The highest BCUT2D eigenvalue weighted by Crippen LogP contribution is 2.17. The first kappa shape index (κ1) is 17.0. The molecule has 2 heterocycles. The van der Waals surface area contributed by atoms with Gasteiger partial charge in [0, 0.05) is 36.1 Å². The molecule has 0 saturated carbocycles. The Kier molecular flexibility index (Phi) is 5.28. The first-order chi connectivity index (χ1) is 12.1. The average Bonchev–Trinajstić information content (AvgIpc) is 2.63. The summed E-state index contributed by atoms with van der Waals surface area (Å²) in [6.07, 6.45) is 3.41. The summed E-state index contributed by atoms with van der Waals surface area (Å²) >= 11 is 0. The third-order valence-corrected chi connectivity index (χ3v) is 4.02. The standard InChI is InChI=1S/C19H21BN4O/c1-2-16-11-17(21-10-9-13-3-8-18(25)22-12-13)24-19(23-16)14-4-6-15(20)7-5-14/h3-8,11-12H,2,9-10,20H2,1H3,(H,22,25)(H,21,23,24). The third kappa shape index (κ3) is 4.56. The van der Waals surface area contributed by atoms with Crippen LogP contribution in [0.5, 0.6) is 0 Å². The van der Waals surface area contributed by atoms with Crippen LogP contribution in [0.3, 0.4) is 0 Å². The molecule has 0 aliphatic carbocycles. The Morgan fingerprint density at radius 1 is 1.12 bits per heavy atom. The van der Waals surface area contributed by atoms with E-state index in [1.54, 1.807) is 12.3 Å². The van der Waals surface area contributed by atoms with Crippen LogP contribution in [0.2, 0.25) is 0 Å². The molecule has 1 aromatic carbocycles. The molecule has 3 aromatic rings. The van der Waals surface area contributed by atoms with Crippen LogP contribution in [-0.4, -0.2) is 29.3 Å². The summed E-state index contributed by atoms with van der Waals surface area (Å²) in [5, 5.41) is 3.36. The van der Waals surface area contributed by atoms with Crippen molar-refractivity contribution in [1.29, 1.82) is 0 Å². The van der Waals surface area contributed by atoms with E-state index in [2.05, 4.69) is 47.2 Å². The Bertz CT molecular complexity index is 886. The number of hydrogen-bond donors (Lipinski definition) is 2. The zero-order valence-corrected chi connectivity index (χ0v) is 14.5. The van der Waals surface area contributed by atoms with Crippen LogP contribution >= 0.6 is 0 Å². The highest BCUT2D eigenvalue weighted by atomic mass is 16.1. The number of nitrogens with zero attached hydrogens (tertiary/aromatic N) is 2. The molecule has 0 unspecified atom stereocenters. The number of anilines is 1. The van der Waals surface area contributed by atoms with Gasteiger partial charge in [-0.3, -0.25) is 4.79 Å². The first-order valence-corrected chi connectivity index (χ1v) is 8.50. The van der Waals surface area contributed by atoms with Crippen molar-refractivity contribution >= 4 is 19.1 Å². The van der Waals surface area contributed by atoms with Crippen molar-refractivity contribution < 1.29 is 0 Å². The van der Waals surface area contributed by atoms with Crippen molar-refractivity contribution in [3.8, 4) is 11.4 Å². The summed E-state index contributed by atoms with van der Waals surface area (Å²) in [4.78, 5) is 23.1. The van der Waals surface area contributed by atoms with Gasteiger partial charge in [-0.1, -0.05) is 42.7 Å². The second-order valence-electron chi connectivity index (χ2n) is 6.03. The molecule has 0 saturated heterocycles. The summed E-state index contributed by atoms with van der Waals surface area (Å²) < 4.78 is 0. The van der Waals surface area contributed by atoms with Gasteiger partial charge in [-0.2, -0.15) is 0 Å². The van der Waals surface area contributed by atoms with Crippen LogP contribution < -0.4 is 16.3 Å². The van der Waals surface area contributed by atoms with Gasteiger partial charge in [0.15, 0.2) is 5.82 Å². The molecule has 2 aromatic heterocycles. The summed E-state index contributed by atoms with van der Waals surface area (Å²) in [5.74, 6) is 1.57. The monoisotopic (exact) mass is 332 g/mol. The van der Waals surface area contributed by atoms with Crippen LogP contribution in [0.25, 0.3) is 11.4 Å². The van der Waals surface area contributed by atoms with E-state index in [0.29, 0.717) is 0 Å². The number of nitrogens with one attached hydrogen (secondary N) is 2. The lowest BCUT2D eigenvalue weighted by Gasteiger charge is -2.10. The predicted octanol–water partition coefficient (Wildman–Crippen LogP) is 1.31. The number of aryl methyl sites for hydroxylation is 1. The van der Waals surface area contributed by atoms with E-state index in [4.69, 9.17) is 0 Å². The second-order valence-corrected chi connectivity index (χ2v) is 6.03. The molecule has 5 nitrogen and oxygen atoms in total. The molecule has 126 valence electrons. The number of rotatable bonds is 6. The van der Waals surface area contributed by atoms with E-state index in [1.165, 1.54) is 5.46 Å². The van der Waals surface area contributed by atoms with E-state index < -0.39 is 0 Å². The Hall–Kier alpha value is -2.89. The number of H-pyrrole nitrogens is 1.